The maximum Gasteiger partial charge on any atom is 0.0768 e. The fourth-order valence-corrected chi connectivity index (χ4v) is 1.96. The highest BCUT2D eigenvalue weighted by atomic mass is 32.1. The Bertz CT molecular complexity index is 207. The van der Waals surface area contributed by atoms with Gasteiger partial charge in [0.2, 0.25) is 0 Å². The van der Waals surface area contributed by atoms with Gasteiger partial charge in [0.15, 0.2) is 0 Å². The Morgan fingerprint density at radius 3 is 2.67 bits per heavy atom. The first-order valence-electron chi connectivity index (χ1n) is 5.79. The summed E-state index contributed by atoms with van der Waals surface area (Å²) in [5.74, 6) is 0.277. The number of hydrogen-bond donors (Lipinski definition) is 2. The Hall–Kier alpha value is -0.190. The highest BCUT2D eigenvalue weighted by molar-refractivity contribution is 7.80. The van der Waals surface area contributed by atoms with Gasteiger partial charge < -0.3 is 10.8 Å². The van der Waals surface area contributed by atoms with E-state index >= 15 is 0 Å². The fraction of sp³-hybridized carbons (Fsp3) is 0.909. The molecule has 1 fully saturated rings. The van der Waals surface area contributed by atoms with E-state index < -0.39 is 0 Å². The third-order valence-corrected chi connectivity index (χ3v) is 3.59. The Kier molecular flexibility index (Phi) is 5.50. The van der Waals surface area contributed by atoms with E-state index in [-0.39, 0.29) is 12.5 Å². The van der Waals surface area contributed by atoms with Crippen LogP contribution in [-0.2, 0) is 0 Å². The van der Waals surface area contributed by atoms with Crippen LogP contribution in [0, 0.1) is 5.92 Å². The van der Waals surface area contributed by atoms with Crippen LogP contribution in [0.4, 0.5) is 0 Å². The topological polar surface area (TPSA) is 49.5 Å². The van der Waals surface area contributed by atoms with E-state index in [0.717, 1.165) is 19.5 Å². The molecule has 1 unspecified atom stereocenters. The number of nitrogens with zero attached hydrogens (tertiary/aromatic N) is 1. The van der Waals surface area contributed by atoms with Crippen molar-refractivity contribution in [3.8, 4) is 0 Å². The number of hydrogen-bond acceptors (Lipinski definition) is 3. The summed E-state index contributed by atoms with van der Waals surface area (Å²) < 4.78 is 0. The molecule has 0 radical (unpaired) electrons. The molecule has 0 aliphatic heterocycles. The fourth-order valence-electron chi connectivity index (χ4n) is 1.89. The van der Waals surface area contributed by atoms with E-state index in [2.05, 4.69) is 11.8 Å². The molecular weight excluding hydrogens is 208 g/mol. The molecule has 4 heteroatoms. The van der Waals surface area contributed by atoms with Gasteiger partial charge in [0.25, 0.3) is 0 Å². The van der Waals surface area contributed by atoms with Gasteiger partial charge in [0.05, 0.1) is 4.99 Å². The zero-order valence-corrected chi connectivity index (χ0v) is 10.3. The summed E-state index contributed by atoms with van der Waals surface area (Å²) >= 11 is 4.99. The zero-order valence-electron chi connectivity index (χ0n) is 9.48. The highest BCUT2D eigenvalue weighted by Gasteiger charge is 2.25. The van der Waals surface area contributed by atoms with Crippen LogP contribution in [0.1, 0.15) is 32.6 Å². The maximum atomic E-state index is 8.85. The van der Waals surface area contributed by atoms with E-state index in [4.69, 9.17) is 23.1 Å². The minimum Gasteiger partial charge on any atom is -0.396 e. The van der Waals surface area contributed by atoms with Gasteiger partial charge in [-0.1, -0.05) is 25.6 Å². The molecule has 1 atom stereocenters. The van der Waals surface area contributed by atoms with E-state index in [1.807, 2.05) is 0 Å². The number of aliphatic hydroxyl groups is 1. The molecule has 0 spiro atoms. The molecule has 0 amide bonds. The first-order valence-corrected chi connectivity index (χ1v) is 6.20. The van der Waals surface area contributed by atoms with Gasteiger partial charge in [0, 0.05) is 31.7 Å². The Balaban J connectivity index is 2.37. The van der Waals surface area contributed by atoms with E-state index in [1.165, 1.54) is 19.3 Å². The predicted molar refractivity (Wildman–Crippen MR) is 66.9 cm³/mol. The second kappa shape index (κ2) is 6.40. The molecule has 0 aromatic heterocycles. The Morgan fingerprint density at radius 2 is 2.27 bits per heavy atom. The van der Waals surface area contributed by atoms with Crippen molar-refractivity contribution >= 4 is 17.2 Å². The summed E-state index contributed by atoms with van der Waals surface area (Å²) in [6.45, 7) is 4.26. The molecule has 1 rings (SSSR count). The van der Waals surface area contributed by atoms with Crippen molar-refractivity contribution in [2.24, 2.45) is 11.7 Å². The summed E-state index contributed by atoms with van der Waals surface area (Å²) in [6, 6.07) is 0.702. The van der Waals surface area contributed by atoms with Crippen LogP contribution < -0.4 is 5.73 Å². The standard InChI is InChI=1S/C11H22N2OS/c1-9(11(12)15)8-13(6-3-7-14)10-4-2-5-10/h9-10,14H,2-8H2,1H3,(H2,12,15). The number of nitrogens with two attached hydrogens (primary N) is 1. The molecule has 15 heavy (non-hydrogen) atoms. The molecule has 0 aromatic rings. The third-order valence-electron chi connectivity index (χ3n) is 3.19. The molecule has 0 aromatic carbocycles. The van der Waals surface area contributed by atoms with Crippen LogP contribution in [0.3, 0.4) is 0 Å². The minimum absolute atomic E-state index is 0.269. The van der Waals surface area contributed by atoms with E-state index in [9.17, 15) is 0 Å². The van der Waals surface area contributed by atoms with Gasteiger partial charge in [-0.15, -0.1) is 0 Å². The first-order chi connectivity index (χ1) is 7.15. The second-order valence-electron chi connectivity index (χ2n) is 4.46. The Labute approximate surface area is 97.6 Å². The van der Waals surface area contributed by atoms with Crippen molar-refractivity contribution in [2.75, 3.05) is 19.7 Å². The highest BCUT2D eigenvalue weighted by Crippen LogP contribution is 2.25. The van der Waals surface area contributed by atoms with Gasteiger partial charge in [-0.05, 0) is 19.3 Å². The van der Waals surface area contributed by atoms with Crippen LogP contribution in [0.15, 0.2) is 0 Å². The largest absolute Gasteiger partial charge is 0.396 e. The predicted octanol–water partition coefficient (Wildman–Crippen LogP) is 1.15. The summed E-state index contributed by atoms with van der Waals surface area (Å²) in [5.41, 5.74) is 5.63. The quantitative estimate of drug-likeness (QED) is 0.644. The van der Waals surface area contributed by atoms with Gasteiger partial charge in [-0.3, -0.25) is 4.90 Å². The summed E-state index contributed by atoms with van der Waals surface area (Å²) in [4.78, 5) is 3.03. The van der Waals surface area contributed by atoms with Gasteiger partial charge in [0.1, 0.15) is 0 Å². The van der Waals surface area contributed by atoms with Crippen molar-refractivity contribution in [3.05, 3.63) is 0 Å². The number of rotatable bonds is 7. The maximum absolute atomic E-state index is 8.85. The number of thiocarbonyl (C=S) groups is 1. The van der Waals surface area contributed by atoms with Gasteiger partial charge in [-0.2, -0.15) is 0 Å². The van der Waals surface area contributed by atoms with Crippen molar-refractivity contribution in [1.29, 1.82) is 0 Å². The summed E-state index contributed by atoms with van der Waals surface area (Å²) in [6.07, 6.45) is 4.76. The zero-order chi connectivity index (χ0) is 11.3. The minimum atomic E-state index is 0.269. The molecule has 1 aliphatic rings. The average Bonchev–Trinajstić information content (AvgIpc) is 2.10. The van der Waals surface area contributed by atoms with Crippen LogP contribution in [0.5, 0.6) is 0 Å². The van der Waals surface area contributed by atoms with Crippen molar-refractivity contribution in [2.45, 2.75) is 38.6 Å². The molecule has 3 N–H and O–H groups in total. The molecule has 0 bridgehead atoms. The molecule has 1 aliphatic carbocycles. The smallest absolute Gasteiger partial charge is 0.0768 e. The monoisotopic (exact) mass is 230 g/mol. The van der Waals surface area contributed by atoms with Crippen LogP contribution in [-0.4, -0.2) is 40.7 Å². The lowest BCUT2D eigenvalue weighted by Gasteiger charge is -2.38. The van der Waals surface area contributed by atoms with Crippen LogP contribution >= 0.6 is 12.2 Å². The molecule has 88 valence electrons. The summed E-state index contributed by atoms with van der Waals surface area (Å²) in [7, 11) is 0. The van der Waals surface area contributed by atoms with Gasteiger partial charge in [-0.25, -0.2) is 0 Å². The first kappa shape index (κ1) is 12.9. The lowest BCUT2D eigenvalue weighted by atomic mass is 9.90. The molecule has 0 heterocycles. The summed E-state index contributed by atoms with van der Waals surface area (Å²) in [5, 5.41) is 8.85. The van der Waals surface area contributed by atoms with Crippen molar-refractivity contribution in [3.63, 3.8) is 0 Å². The molecule has 3 nitrogen and oxygen atoms in total. The van der Waals surface area contributed by atoms with Crippen molar-refractivity contribution < 1.29 is 5.11 Å². The third kappa shape index (κ3) is 4.05. The molecule has 1 saturated carbocycles. The van der Waals surface area contributed by atoms with E-state index in [0.29, 0.717) is 11.0 Å². The second-order valence-corrected chi connectivity index (χ2v) is 4.93. The lowest BCUT2D eigenvalue weighted by molar-refractivity contribution is 0.110. The Morgan fingerprint density at radius 1 is 1.60 bits per heavy atom. The van der Waals surface area contributed by atoms with Crippen LogP contribution in [0.25, 0.3) is 0 Å². The van der Waals surface area contributed by atoms with E-state index in [1.54, 1.807) is 0 Å². The molecule has 0 saturated heterocycles. The van der Waals surface area contributed by atoms with Crippen molar-refractivity contribution in [1.82, 2.24) is 4.90 Å². The normalized spacial score (nSPS) is 18.9. The number of aliphatic hydroxyl groups excluding tert-OH is 1. The SMILES string of the molecule is CC(CN(CCCO)C1CCC1)C(N)=S. The molecular formula is C11H22N2OS. The van der Waals surface area contributed by atoms with Crippen LogP contribution in [0.2, 0.25) is 0 Å². The lowest BCUT2D eigenvalue weighted by Crippen LogP contribution is -2.45. The van der Waals surface area contributed by atoms with Gasteiger partial charge >= 0.3 is 0 Å². The average molecular weight is 230 g/mol.